The Hall–Kier alpha value is -3.88. The molecule has 160 valence electrons. The smallest absolute Gasteiger partial charge is 0.433 e. The lowest BCUT2D eigenvalue weighted by Gasteiger charge is -2.30. The maximum absolute atomic E-state index is 14.3. The molecule has 0 fully saturated rings. The van der Waals surface area contributed by atoms with Crippen molar-refractivity contribution in [1.29, 1.82) is 5.26 Å². The number of rotatable bonds is 3. The highest BCUT2D eigenvalue weighted by molar-refractivity contribution is 5.95. The lowest BCUT2D eigenvalue weighted by Crippen LogP contribution is -2.46. The van der Waals surface area contributed by atoms with Crippen LogP contribution < -0.4 is 15.4 Å². The molecule has 0 radical (unpaired) electrons. The van der Waals surface area contributed by atoms with E-state index in [1.54, 1.807) is 6.07 Å². The molecule has 12 heteroatoms. The van der Waals surface area contributed by atoms with Crippen molar-refractivity contribution in [1.82, 2.24) is 15.2 Å². The lowest BCUT2D eigenvalue weighted by atomic mass is 10.1. The maximum Gasteiger partial charge on any atom is 0.433 e. The number of hydrogen-bond acceptors (Lipinski definition) is 5. The standard InChI is InChI=1S/C19H13F4N5O3/c20-11-3-9(5-24)4-14-16(11)13(8-31-14)26-15(29)7-28-6-10-12(27-18(28)30)1-2-25-17(10)19(21,22)23/h1-4,13H,6-8H2,(H,26,29)(H,27,30)/t13-/m0/s1. The molecule has 4 rings (SSSR count). The van der Waals surface area contributed by atoms with Gasteiger partial charge in [0.1, 0.15) is 24.7 Å². The molecule has 31 heavy (non-hydrogen) atoms. The number of nitrogens with one attached hydrogen (secondary N) is 2. The summed E-state index contributed by atoms with van der Waals surface area (Å²) >= 11 is 0. The topological polar surface area (TPSA) is 107 Å². The van der Waals surface area contributed by atoms with E-state index in [2.05, 4.69) is 15.6 Å². The molecule has 1 aromatic carbocycles. The molecule has 0 saturated heterocycles. The Bertz CT molecular complexity index is 1130. The molecule has 3 heterocycles. The van der Waals surface area contributed by atoms with E-state index < -0.39 is 48.8 Å². The lowest BCUT2D eigenvalue weighted by molar-refractivity contribution is -0.142. The van der Waals surface area contributed by atoms with Crippen molar-refractivity contribution in [3.05, 3.63) is 52.6 Å². The van der Waals surface area contributed by atoms with Gasteiger partial charge in [-0.25, -0.2) is 9.18 Å². The fourth-order valence-electron chi connectivity index (χ4n) is 3.50. The van der Waals surface area contributed by atoms with Crippen LogP contribution in [-0.4, -0.2) is 35.0 Å². The minimum atomic E-state index is -4.73. The summed E-state index contributed by atoms with van der Waals surface area (Å²) < 4.78 is 59.3. The van der Waals surface area contributed by atoms with Crippen molar-refractivity contribution in [2.45, 2.75) is 18.8 Å². The number of carbonyl (C=O) groups is 2. The fourth-order valence-corrected chi connectivity index (χ4v) is 3.50. The number of nitrogens with zero attached hydrogens (tertiary/aromatic N) is 3. The van der Waals surface area contributed by atoms with Crippen LogP contribution in [-0.2, 0) is 17.5 Å². The molecule has 0 spiro atoms. The normalized spacial score (nSPS) is 17.2. The predicted octanol–water partition coefficient (Wildman–Crippen LogP) is 2.71. The number of urea groups is 1. The van der Waals surface area contributed by atoms with Crippen molar-refractivity contribution < 1.29 is 31.9 Å². The van der Waals surface area contributed by atoms with Gasteiger partial charge in [-0.2, -0.15) is 18.4 Å². The number of ether oxygens (including phenoxy) is 1. The first-order valence-electron chi connectivity index (χ1n) is 8.94. The summed E-state index contributed by atoms with van der Waals surface area (Å²) in [6.07, 6.45) is -3.79. The number of aromatic nitrogens is 1. The molecule has 0 saturated carbocycles. The molecule has 0 unspecified atom stereocenters. The van der Waals surface area contributed by atoms with E-state index in [0.717, 1.165) is 17.2 Å². The van der Waals surface area contributed by atoms with Gasteiger partial charge in [0.25, 0.3) is 0 Å². The van der Waals surface area contributed by atoms with Gasteiger partial charge in [0.05, 0.1) is 35.5 Å². The molecule has 0 aliphatic carbocycles. The molecule has 3 amide bonds. The second kappa shape index (κ2) is 7.42. The second-order valence-electron chi connectivity index (χ2n) is 6.88. The number of hydrogen-bond donors (Lipinski definition) is 2. The maximum atomic E-state index is 14.3. The van der Waals surface area contributed by atoms with Crippen LogP contribution in [0, 0.1) is 17.1 Å². The number of benzene rings is 1. The van der Waals surface area contributed by atoms with Crippen LogP contribution in [0.5, 0.6) is 5.75 Å². The Balaban J connectivity index is 1.49. The number of anilines is 1. The average molecular weight is 435 g/mol. The quantitative estimate of drug-likeness (QED) is 0.721. The van der Waals surface area contributed by atoms with Crippen molar-refractivity contribution in [3.8, 4) is 11.8 Å². The van der Waals surface area contributed by atoms with Gasteiger partial charge in [-0.05, 0) is 18.2 Å². The third-order valence-electron chi connectivity index (χ3n) is 4.85. The van der Waals surface area contributed by atoms with Crippen molar-refractivity contribution in [2.75, 3.05) is 18.5 Å². The van der Waals surface area contributed by atoms with E-state index in [-0.39, 0.29) is 34.7 Å². The number of carbonyl (C=O) groups excluding carboxylic acids is 2. The van der Waals surface area contributed by atoms with Crippen LogP contribution in [0.25, 0.3) is 0 Å². The van der Waals surface area contributed by atoms with Gasteiger partial charge < -0.3 is 20.3 Å². The number of halogens is 4. The third-order valence-corrected chi connectivity index (χ3v) is 4.85. The van der Waals surface area contributed by atoms with Gasteiger partial charge in [0.15, 0.2) is 5.69 Å². The first-order chi connectivity index (χ1) is 14.7. The third kappa shape index (κ3) is 3.81. The van der Waals surface area contributed by atoms with E-state index in [4.69, 9.17) is 10.00 Å². The van der Waals surface area contributed by atoms with Gasteiger partial charge in [-0.3, -0.25) is 9.78 Å². The predicted molar refractivity (Wildman–Crippen MR) is 96.2 cm³/mol. The van der Waals surface area contributed by atoms with Crippen molar-refractivity contribution >= 4 is 17.6 Å². The van der Waals surface area contributed by atoms with Crippen LogP contribution in [0.1, 0.15) is 28.4 Å². The van der Waals surface area contributed by atoms with E-state index in [1.165, 1.54) is 12.1 Å². The molecule has 1 atom stereocenters. The number of fused-ring (bicyclic) bond motifs is 2. The molecule has 1 aromatic heterocycles. The van der Waals surface area contributed by atoms with Gasteiger partial charge in [-0.15, -0.1) is 0 Å². The summed E-state index contributed by atoms with van der Waals surface area (Å²) in [5.74, 6) is -1.34. The molecule has 2 aliphatic heterocycles. The van der Waals surface area contributed by atoms with Crippen LogP contribution in [0.2, 0.25) is 0 Å². The van der Waals surface area contributed by atoms with Crippen LogP contribution >= 0.6 is 0 Å². The molecule has 2 aromatic rings. The molecule has 0 bridgehead atoms. The van der Waals surface area contributed by atoms with Crippen LogP contribution in [0.4, 0.5) is 28.0 Å². The van der Waals surface area contributed by atoms with Gasteiger partial charge in [0, 0.05) is 11.8 Å². The molecular formula is C19H13F4N5O3. The van der Waals surface area contributed by atoms with Gasteiger partial charge in [0.2, 0.25) is 5.91 Å². The summed E-state index contributed by atoms with van der Waals surface area (Å²) in [5, 5.41) is 13.7. The molecule has 2 aliphatic rings. The van der Waals surface area contributed by atoms with Crippen molar-refractivity contribution in [3.63, 3.8) is 0 Å². The summed E-state index contributed by atoms with van der Waals surface area (Å²) in [6, 6.07) is 3.75. The van der Waals surface area contributed by atoms with E-state index in [9.17, 15) is 27.2 Å². The van der Waals surface area contributed by atoms with E-state index >= 15 is 0 Å². The summed E-state index contributed by atoms with van der Waals surface area (Å²) in [4.78, 5) is 28.9. The Morgan fingerprint density at radius 2 is 2.19 bits per heavy atom. The van der Waals surface area contributed by atoms with Crippen molar-refractivity contribution in [2.24, 2.45) is 0 Å². The summed E-state index contributed by atoms with van der Waals surface area (Å²) in [6.45, 7) is -1.14. The largest absolute Gasteiger partial charge is 0.491 e. The minimum Gasteiger partial charge on any atom is -0.491 e. The Kier molecular flexibility index (Phi) is 4.88. The number of pyridine rings is 1. The summed E-state index contributed by atoms with van der Waals surface area (Å²) in [5.41, 5.74) is -1.32. The Morgan fingerprint density at radius 3 is 2.90 bits per heavy atom. The highest BCUT2D eigenvalue weighted by Gasteiger charge is 2.39. The van der Waals surface area contributed by atoms with Gasteiger partial charge in [-0.1, -0.05) is 0 Å². The first-order valence-corrected chi connectivity index (χ1v) is 8.94. The summed E-state index contributed by atoms with van der Waals surface area (Å²) in [7, 11) is 0. The highest BCUT2D eigenvalue weighted by Crippen LogP contribution is 2.37. The zero-order valence-electron chi connectivity index (χ0n) is 15.6. The molecular weight excluding hydrogens is 422 g/mol. The monoisotopic (exact) mass is 435 g/mol. The fraction of sp³-hybridized carbons (Fsp3) is 0.263. The SMILES string of the molecule is N#Cc1cc(F)c2c(c1)OC[C@@H]2NC(=O)CN1Cc2c(ccnc2C(F)(F)F)NC1=O. The number of alkyl halides is 3. The zero-order chi connectivity index (χ0) is 22.3. The zero-order valence-corrected chi connectivity index (χ0v) is 15.6. The Labute approximate surface area is 172 Å². The van der Waals surface area contributed by atoms with Crippen LogP contribution in [0.15, 0.2) is 24.4 Å². The first kappa shape index (κ1) is 20.4. The minimum absolute atomic E-state index is 0.0301. The number of nitriles is 1. The molecule has 8 nitrogen and oxygen atoms in total. The number of amides is 3. The average Bonchev–Trinajstić information content (AvgIpc) is 3.10. The van der Waals surface area contributed by atoms with Gasteiger partial charge >= 0.3 is 12.2 Å². The van der Waals surface area contributed by atoms with E-state index in [1.807, 2.05) is 0 Å². The molecule has 2 N–H and O–H groups in total. The Morgan fingerprint density at radius 1 is 1.42 bits per heavy atom. The van der Waals surface area contributed by atoms with E-state index in [0.29, 0.717) is 0 Å². The van der Waals surface area contributed by atoms with Crippen LogP contribution in [0.3, 0.4) is 0 Å². The second-order valence-corrected chi connectivity index (χ2v) is 6.88. The highest BCUT2D eigenvalue weighted by atomic mass is 19.4.